The summed E-state index contributed by atoms with van der Waals surface area (Å²) in [5.74, 6) is 0. The van der Waals surface area contributed by atoms with Crippen LogP contribution in [0.4, 0.5) is 0 Å². The van der Waals surface area contributed by atoms with E-state index in [-0.39, 0.29) is 0 Å². The van der Waals surface area contributed by atoms with E-state index in [0.717, 1.165) is 12.8 Å². The van der Waals surface area contributed by atoms with Gasteiger partial charge in [0.05, 0.1) is 0 Å². The first-order valence-electron chi connectivity index (χ1n) is 12.2. The first kappa shape index (κ1) is 17.3. The minimum Gasteiger partial charge on any atom is -0.0616 e. The van der Waals surface area contributed by atoms with Gasteiger partial charge in [-0.3, -0.25) is 0 Å². The molecule has 0 nitrogen and oxygen atoms in total. The van der Waals surface area contributed by atoms with Crippen LogP contribution in [0, 0.1) is 0 Å². The molecule has 2 aliphatic rings. The highest BCUT2D eigenvalue weighted by Crippen LogP contribution is 2.49. The Morgan fingerprint density at radius 3 is 1.82 bits per heavy atom. The Morgan fingerprint density at radius 1 is 0.382 bits per heavy atom. The molecule has 0 unspecified atom stereocenters. The van der Waals surface area contributed by atoms with Gasteiger partial charge in [0.2, 0.25) is 0 Å². The summed E-state index contributed by atoms with van der Waals surface area (Å²) >= 11 is 0. The summed E-state index contributed by atoms with van der Waals surface area (Å²) in [6.45, 7) is 0. The molecule has 0 aliphatic heterocycles. The molecule has 7 aromatic carbocycles. The molecule has 0 amide bonds. The van der Waals surface area contributed by atoms with Gasteiger partial charge in [0.1, 0.15) is 0 Å². The normalized spacial score (nSPS) is 13.6. The van der Waals surface area contributed by atoms with E-state index >= 15 is 0 Å². The lowest BCUT2D eigenvalue weighted by Gasteiger charge is -2.14. The van der Waals surface area contributed by atoms with Crippen LogP contribution in [0.2, 0.25) is 0 Å². The van der Waals surface area contributed by atoms with Crippen LogP contribution in [0.15, 0.2) is 97.1 Å². The van der Waals surface area contributed by atoms with Gasteiger partial charge < -0.3 is 0 Å². The molecule has 0 saturated carbocycles. The van der Waals surface area contributed by atoms with Crippen LogP contribution < -0.4 is 0 Å². The van der Waals surface area contributed by atoms with Gasteiger partial charge in [0.15, 0.2) is 0 Å². The summed E-state index contributed by atoms with van der Waals surface area (Å²) in [5, 5.41) is 11.0. The van der Waals surface area contributed by atoms with Crippen LogP contribution in [0.5, 0.6) is 0 Å². The third-order valence-electron chi connectivity index (χ3n) is 8.39. The Hall–Kier alpha value is -4.16. The highest BCUT2D eigenvalue weighted by atomic mass is 14.3. The van der Waals surface area contributed by atoms with Crippen molar-refractivity contribution in [1.82, 2.24) is 0 Å². The maximum Gasteiger partial charge on any atom is -0.000705 e. The molecule has 9 rings (SSSR count). The summed E-state index contributed by atoms with van der Waals surface area (Å²) < 4.78 is 0. The molecule has 7 aromatic rings. The molecule has 0 bridgehead atoms. The van der Waals surface area contributed by atoms with Crippen molar-refractivity contribution in [2.45, 2.75) is 12.8 Å². The third-order valence-corrected chi connectivity index (χ3v) is 8.39. The number of rotatable bonds is 0. The van der Waals surface area contributed by atoms with Gasteiger partial charge in [-0.25, -0.2) is 0 Å². The molecule has 0 N–H and O–H groups in total. The zero-order valence-corrected chi connectivity index (χ0v) is 18.7. The minimum atomic E-state index is 1.02. The lowest BCUT2D eigenvalue weighted by Crippen LogP contribution is -1.89. The Balaban J connectivity index is 1.29. The highest BCUT2D eigenvalue weighted by Gasteiger charge is 2.27. The zero-order valence-electron chi connectivity index (χ0n) is 18.7. The first-order valence-corrected chi connectivity index (χ1v) is 12.2. The van der Waals surface area contributed by atoms with Crippen molar-refractivity contribution >= 4 is 43.1 Å². The van der Waals surface area contributed by atoms with Crippen LogP contribution in [-0.2, 0) is 12.8 Å². The number of hydrogen-bond donors (Lipinski definition) is 0. The average molecular weight is 429 g/mol. The molecule has 0 saturated heterocycles. The fourth-order valence-corrected chi connectivity index (χ4v) is 6.86. The lowest BCUT2D eigenvalue weighted by molar-refractivity contribution is 1.25. The standard InChI is InChI=1S/C34H20/c1-2-5-22-14-28-24(12-21(22)4-1)13-25-16-30-26(17-29(25)28)18-31-27-11-10-20-7-3-6-19-8-9-23(15-32(30)31)34(27)33(19)20/h1-12,14-17H,13,18H2. The van der Waals surface area contributed by atoms with Gasteiger partial charge >= 0.3 is 0 Å². The van der Waals surface area contributed by atoms with E-state index in [1.807, 2.05) is 0 Å². The smallest absolute Gasteiger partial charge is 0.000705 e. The van der Waals surface area contributed by atoms with E-state index < -0.39 is 0 Å². The lowest BCUT2D eigenvalue weighted by atomic mass is 9.89. The predicted octanol–water partition coefficient (Wildman–Crippen LogP) is 8.88. The molecule has 34 heavy (non-hydrogen) atoms. The van der Waals surface area contributed by atoms with Crippen LogP contribution in [0.3, 0.4) is 0 Å². The van der Waals surface area contributed by atoms with E-state index in [2.05, 4.69) is 97.1 Å². The maximum absolute atomic E-state index is 2.50. The molecule has 0 atom stereocenters. The van der Waals surface area contributed by atoms with Crippen LogP contribution in [0.25, 0.3) is 65.3 Å². The third kappa shape index (κ3) is 2.05. The fraction of sp³-hybridized carbons (Fsp3) is 0.0588. The Labute approximate surface area is 197 Å². The fourth-order valence-electron chi connectivity index (χ4n) is 6.86. The van der Waals surface area contributed by atoms with Gasteiger partial charge in [-0.05, 0) is 125 Å². The van der Waals surface area contributed by atoms with Gasteiger partial charge in [-0.1, -0.05) is 72.8 Å². The number of benzene rings is 7. The Morgan fingerprint density at radius 2 is 0.971 bits per heavy atom. The maximum atomic E-state index is 2.50. The van der Waals surface area contributed by atoms with Gasteiger partial charge in [-0.15, -0.1) is 0 Å². The van der Waals surface area contributed by atoms with Crippen LogP contribution in [0.1, 0.15) is 22.3 Å². The molecular formula is C34H20. The Kier molecular flexibility index (Phi) is 2.98. The second-order valence-corrected chi connectivity index (χ2v) is 10.1. The van der Waals surface area contributed by atoms with Crippen molar-refractivity contribution in [2.24, 2.45) is 0 Å². The molecular weight excluding hydrogens is 408 g/mol. The molecule has 2 aliphatic carbocycles. The van der Waals surface area contributed by atoms with E-state index in [4.69, 9.17) is 0 Å². The molecule has 0 fully saturated rings. The number of hydrogen-bond acceptors (Lipinski definition) is 0. The van der Waals surface area contributed by atoms with Gasteiger partial charge in [0, 0.05) is 0 Å². The summed E-state index contributed by atoms with van der Waals surface area (Å²) in [6, 6.07) is 36.9. The predicted molar refractivity (Wildman–Crippen MR) is 144 cm³/mol. The Bertz CT molecular complexity index is 1990. The second-order valence-electron chi connectivity index (χ2n) is 10.1. The zero-order chi connectivity index (χ0) is 22.0. The van der Waals surface area contributed by atoms with E-state index in [9.17, 15) is 0 Å². The summed E-state index contributed by atoms with van der Waals surface area (Å²) in [4.78, 5) is 0. The van der Waals surface area contributed by atoms with Gasteiger partial charge in [-0.2, -0.15) is 0 Å². The van der Waals surface area contributed by atoms with Crippen molar-refractivity contribution in [1.29, 1.82) is 0 Å². The van der Waals surface area contributed by atoms with E-state index in [1.54, 1.807) is 0 Å². The summed E-state index contributed by atoms with van der Waals surface area (Å²) in [7, 11) is 0. The van der Waals surface area contributed by atoms with E-state index in [1.165, 1.54) is 87.6 Å². The van der Waals surface area contributed by atoms with Crippen molar-refractivity contribution < 1.29 is 0 Å². The molecule has 0 spiro atoms. The SMILES string of the molecule is c1ccc2cc3c(cc2c1)Cc1cc2c(cc1-3)Cc1c-2cc2ccc3cccc4ccc1c2c34. The largest absolute Gasteiger partial charge is 0.0616 e. The van der Waals surface area contributed by atoms with Crippen molar-refractivity contribution in [3.63, 3.8) is 0 Å². The summed E-state index contributed by atoms with van der Waals surface area (Å²) in [5.41, 5.74) is 11.7. The highest BCUT2D eigenvalue weighted by molar-refractivity contribution is 6.25. The van der Waals surface area contributed by atoms with Crippen LogP contribution >= 0.6 is 0 Å². The first-order chi connectivity index (χ1) is 16.8. The number of fused-ring (bicyclic) bond motifs is 8. The van der Waals surface area contributed by atoms with Crippen molar-refractivity contribution in [3.05, 3.63) is 119 Å². The topological polar surface area (TPSA) is 0 Å². The van der Waals surface area contributed by atoms with Crippen LogP contribution in [-0.4, -0.2) is 0 Å². The van der Waals surface area contributed by atoms with Crippen molar-refractivity contribution in [3.8, 4) is 22.3 Å². The minimum absolute atomic E-state index is 1.02. The molecule has 0 heterocycles. The quantitative estimate of drug-likeness (QED) is 0.212. The summed E-state index contributed by atoms with van der Waals surface area (Å²) in [6.07, 6.45) is 2.06. The molecule has 0 radical (unpaired) electrons. The molecule has 156 valence electrons. The van der Waals surface area contributed by atoms with E-state index in [0.29, 0.717) is 0 Å². The molecule has 0 heteroatoms. The van der Waals surface area contributed by atoms with Crippen molar-refractivity contribution in [2.75, 3.05) is 0 Å². The molecule has 0 aromatic heterocycles. The van der Waals surface area contributed by atoms with Gasteiger partial charge in [0.25, 0.3) is 0 Å². The monoisotopic (exact) mass is 428 g/mol. The average Bonchev–Trinajstić information content (AvgIpc) is 3.41. The second kappa shape index (κ2) is 5.85.